The fourth-order valence-electron chi connectivity index (χ4n) is 5.93. The Bertz CT molecular complexity index is 2390. The number of ether oxygens (including phenoxy) is 2. The van der Waals surface area contributed by atoms with Crippen LogP contribution in [0.4, 0.5) is 5.69 Å². The van der Waals surface area contributed by atoms with Crippen LogP contribution in [-0.4, -0.2) is 48.5 Å². The Kier molecular flexibility index (Phi) is 9.63. The number of fused-ring (bicyclic) bond motifs is 1. The molecule has 0 aliphatic carbocycles. The molecule has 9 heteroatoms. The fraction of sp³-hybridized carbons (Fsp3) is 0.0455. The number of amides is 2. The number of benzene rings is 6. The normalized spacial score (nSPS) is 11.9. The van der Waals surface area contributed by atoms with E-state index in [1.165, 1.54) is 42.5 Å². The molecule has 53 heavy (non-hydrogen) atoms. The van der Waals surface area contributed by atoms with E-state index in [9.17, 15) is 28.8 Å². The number of esters is 2. The van der Waals surface area contributed by atoms with E-state index in [1.807, 2.05) is 84.9 Å². The SMILES string of the molecule is O=C(COC(=O)c1cccc(N2C(=O)c3ccc(C(=O)OCC(=O)c4ccc(-c5ccccc5)cc4)cc3C2=O)c1)c1ccc(-c2ccccc2)cc1. The van der Waals surface area contributed by atoms with Crippen molar-refractivity contribution in [2.75, 3.05) is 18.1 Å². The van der Waals surface area contributed by atoms with Crippen LogP contribution in [0.3, 0.4) is 0 Å². The molecule has 1 aliphatic heterocycles. The quantitative estimate of drug-likeness (QED) is 0.0760. The number of carbonyl (C=O) groups excluding carboxylic acids is 6. The van der Waals surface area contributed by atoms with E-state index in [1.54, 1.807) is 24.3 Å². The summed E-state index contributed by atoms with van der Waals surface area (Å²) in [4.78, 5) is 79.0. The lowest BCUT2D eigenvalue weighted by Crippen LogP contribution is -2.29. The highest BCUT2D eigenvalue weighted by Crippen LogP contribution is 2.30. The molecule has 0 fully saturated rings. The maximum Gasteiger partial charge on any atom is 0.338 e. The maximum absolute atomic E-state index is 13.5. The van der Waals surface area contributed by atoms with Crippen LogP contribution >= 0.6 is 0 Å². The lowest BCUT2D eigenvalue weighted by molar-refractivity contribution is 0.0472. The van der Waals surface area contributed by atoms with Gasteiger partial charge in [0.05, 0.1) is 27.9 Å². The van der Waals surface area contributed by atoms with Crippen molar-refractivity contribution >= 4 is 41.0 Å². The van der Waals surface area contributed by atoms with Crippen molar-refractivity contribution in [2.24, 2.45) is 0 Å². The highest BCUT2D eigenvalue weighted by molar-refractivity contribution is 6.34. The van der Waals surface area contributed by atoms with Crippen LogP contribution in [0.1, 0.15) is 62.1 Å². The van der Waals surface area contributed by atoms with Crippen LogP contribution in [0.15, 0.2) is 152 Å². The van der Waals surface area contributed by atoms with E-state index in [0.717, 1.165) is 27.2 Å². The van der Waals surface area contributed by atoms with Gasteiger partial charge in [0.25, 0.3) is 11.8 Å². The highest BCUT2D eigenvalue weighted by atomic mass is 16.5. The molecule has 0 radical (unpaired) electrons. The number of imide groups is 1. The maximum atomic E-state index is 13.5. The first-order valence-corrected chi connectivity index (χ1v) is 16.6. The van der Waals surface area contributed by atoms with Gasteiger partial charge in [-0.1, -0.05) is 115 Å². The van der Waals surface area contributed by atoms with E-state index >= 15 is 0 Å². The van der Waals surface area contributed by atoms with Gasteiger partial charge in [0, 0.05) is 11.1 Å². The van der Waals surface area contributed by atoms with Crippen molar-refractivity contribution in [3.63, 3.8) is 0 Å². The van der Waals surface area contributed by atoms with E-state index in [2.05, 4.69) is 0 Å². The summed E-state index contributed by atoms with van der Waals surface area (Å²) in [6.45, 7) is -1.03. The third-order valence-corrected chi connectivity index (χ3v) is 8.76. The van der Waals surface area contributed by atoms with Crippen molar-refractivity contribution in [2.45, 2.75) is 0 Å². The molecule has 0 bridgehead atoms. The fourth-order valence-corrected chi connectivity index (χ4v) is 5.93. The van der Waals surface area contributed by atoms with Crippen LogP contribution in [0.2, 0.25) is 0 Å². The highest BCUT2D eigenvalue weighted by Gasteiger charge is 2.37. The average Bonchev–Trinajstić information content (AvgIpc) is 3.47. The molecule has 7 rings (SSSR count). The first-order valence-electron chi connectivity index (χ1n) is 16.6. The van der Waals surface area contributed by atoms with Gasteiger partial charge in [0.1, 0.15) is 0 Å². The second-order valence-corrected chi connectivity index (χ2v) is 12.1. The molecule has 0 atom stereocenters. The molecule has 258 valence electrons. The summed E-state index contributed by atoms with van der Waals surface area (Å²) in [5.41, 5.74) is 4.75. The van der Waals surface area contributed by atoms with Gasteiger partial charge in [0.15, 0.2) is 24.8 Å². The summed E-state index contributed by atoms with van der Waals surface area (Å²) in [6.07, 6.45) is 0. The van der Waals surface area contributed by atoms with Gasteiger partial charge < -0.3 is 9.47 Å². The van der Waals surface area contributed by atoms with E-state index < -0.39 is 48.5 Å². The summed E-state index contributed by atoms with van der Waals surface area (Å²) in [7, 11) is 0. The average molecular weight is 700 g/mol. The van der Waals surface area contributed by atoms with Gasteiger partial charge in [-0.2, -0.15) is 0 Å². The number of nitrogens with zero attached hydrogens (tertiary/aromatic N) is 1. The molecular weight excluding hydrogens is 670 g/mol. The molecule has 6 aromatic carbocycles. The Morgan fingerprint density at radius 1 is 0.415 bits per heavy atom. The predicted molar refractivity (Wildman–Crippen MR) is 197 cm³/mol. The third-order valence-electron chi connectivity index (χ3n) is 8.76. The molecule has 1 aliphatic rings. The lowest BCUT2D eigenvalue weighted by Gasteiger charge is -2.14. The summed E-state index contributed by atoms with van der Waals surface area (Å²) in [6, 6.07) is 42.9. The van der Waals surface area contributed by atoms with E-state index in [0.29, 0.717) is 11.1 Å². The molecule has 0 saturated carbocycles. The van der Waals surface area contributed by atoms with E-state index in [4.69, 9.17) is 9.47 Å². The number of anilines is 1. The van der Waals surface area contributed by atoms with Gasteiger partial charge in [-0.25, -0.2) is 14.5 Å². The number of rotatable bonds is 11. The summed E-state index contributed by atoms with van der Waals surface area (Å²) in [5, 5.41) is 0. The molecule has 0 N–H and O–H groups in total. The van der Waals surface area contributed by atoms with Crippen LogP contribution in [0, 0.1) is 0 Å². The van der Waals surface area contributed by atoms with Gasteiger partial charge in [-0.15, -0.1) is 0 Å². The van der Waals surface area contributed by atoms with Gasteiger partial charge in [0.2, 0.25) is 0 Å². The number of Topliss-reactive ketones (excluding diaryl/α,β-unsaturated/α-hetero) is 2. The number of hydrogen-bond donors (Lipinski definition) is 0. The number of hydrogen-bond acceptors (Lipinski definition) is 8. The molecule has 0 saturated heterocycles. The predicted octanol–water partition coefficient (Wildman–Crippen LogP) is 7.90. The summed E-state index contributed by atoms with van der Waals surface area (Å²) < 4.78 is 10.5. The molecule has 2 amide bonds. The Morgan fingerprint density at radius 3 is 1.36 bits per heavy atom. The summed E-state index contributed by atoms with van der Waals surface area (Å²) in [5.74, 6) is -3.83. The largest absolute Gasteiger partial charge is 0.454 e. The molecule has 9 nitrogen and oxygen atoms in total. The van der Waals surface area contributed by atoms with Crippen molar-refractivity contribution in [1.82, 2.24) is 0 Å². The van der Waals surface area contributed by atoms with Crippen LogP contribution in [0.5, 0.6) is 0 Å². The van der Waals surface area contributed by atoms with Crippen LogP contribution < -0.4 is 4.90 Å². The number of ketones is 2. The Morgan fingerprint density at radius 2 is 0.849 bits per heavy atom. The van der Waals surface area contributed by atoms with Crippen molar-refractivity contribution in [3.05, 3.63) is 185 Å². The minimum atomic E-state index is -0.841. The third kappa shape index (κ3) is 7.31. The Labute approximate surface area is 304 Å². The van der Waals surface area contributed by atoms with Gasteiger partial charge in [-0.05, 0) is 58.7 Å². The standard InChI is InChI=1S/C44H29NO8/c46-39(32-18-14-30(15-19-32)28-8-3-1-4-9-28)26-52-43(50)34-12-7-13-36(24-34)45-41(48)37-23-22-35(25-38(37)42(45)49)44(51)53-27-40(47)33-20-16-31(17-21-33)29-10-5-2-6-11-29/h1-25H,26-27H2. The lowest BCUT2D eigenvalue weighted by atomic mass is 10.0. The zero-order valence-electron chi connectivity index (χ0n) is 28.1. The second-order valence-electron chi connectivity index (χ2n) is 12.1. The second kappa shape index (κ2) is 14.9. The first-order chi connectivity index (χ1) is 25.8. The van der Waals surface area contributed by atoms with Crippen LogP contribution in [-0.2, 0) is 9.47 Å². The monoisotopic (exact) mass is 699 g/mol. The smallest absolute Gasteiger partial charge is 0.338 e. The van der Waals surface area contributed by atoms with E-state index in [-0.39, 0.29) is 27.9 Å². The molecule has 1 heterocycles. The number of carbonyl (C=O) groups is 6. The first kappa shape index (κ1) is 34.2. The Hall–Kier alpha value is -7.26. The molecule has 0 spiro atoms. The van der Waals surface area contributed by atoms with Crippen molar-refractivity contribution in [1.29, 1.82) is 0 Å². The van der Waals surface area contributed by atoms with Gasteiger partial charge >= 0.3 is 11.9 Å². The molecule has 0 aromatic heterocycles. The molecule has 0 unspecified atom stereocenters. The molecule has 6 aromatic rings. The van der Waals surface area contributed by atoms with Crippen LogP contribution in [0.25, 0.3) is 22.3 Å². The van der Waals surface area contributed by atoms with Crippen molar-refractivity contribution in [3.8, 4) is 22.3 Å². The van der Waals surface area contributed by atoms with Gasteiger partial charge in [-0.3, -0.25) is 19.2 Å². The minimum Gasteiger partial charge on any atom is -0.454 e. The summed E-state index contributed by atoms with van der Waals surface area (Å²) >= 11 is 0. The minimum absolute atomic E-state index is 0.0179. The van der Waals surface area contributed by atoms with Crippen molar-refractivity contribution < 1.29 is 38.2 Å². The zero-order valence-corrected chi connectivity index (χ0v) is 28.1. The zero-order chi connectivity index (χ0) is 36.9. The Balaban J connectivity index is 0.966. The topological polar surface area (TPSA) is 124 Å². The molecular formula is C44H29NO8.